The Labute approximate surface area is 120 Å². The maximum atomic E-state index is 5.58. The summed E-state index contributed by atoms with van der Waals surface area (Å²) in [6.45, 7) is 0.702. The van der Waals surface area contributed by atoms with Crippen LogP contribution < -0.4 is 11.1 Å². The molecule has 0 bridgehead atoms. The number of rotatable bonds is 4. The Kier molecular flexibility index (Phi) is 4.28. The van der Waals surface area contributed by atoms with Gasteiger partial charge in [-0.05, 0) is 29.8 Å². The summed E-state index contributed by atoms with van der Waals surface area (Å²) >= 11 is 8.37. The molecule has 0 aliphatic rings. The van der Waals surface area contributed by atoms with Crippen molar-refractivity contribution >= 4 is 39.0 Å². The summed E-state index contributed by atoms with van der Waals surface area (Å²) in [5, 5.41) is 3.24. The van der Waals surface area contributed by atoms with Gasteiger partial charge in [0.2, 0.25) is 0 Å². The first-order valence-electron chi connectivity index (χ1n) is 5.39. The molecule has 1 aromatic heterocycles. The Morgan fingerprint density at radius 3 is 2.89 bits per heavy atom. The molecule has 0 amide bonds. The highest BCUT2D eigenvalue weighted by atomic mass is 79.9. The average molecular weight is 322 g/mol. The molecule has 0 unspecified atom stereocenters. The topological polar surface area (TPSA) is 50.9 Å². The Bertz CT molecular complexity index is 572. The zero-order valence-electron chi connectivity index (χ0n) is 9.56. The van der Waals surface area contributed by atoms with Gasteiger partial charge in [-0.3, -0.25) is 0 Å². The molecule has 18 heavy (non-hydrogen) atoms. The van der Waals surface area contributed by atoms with Gasteiger partial charge < -0.3 is 11.1 Å². The summed E-state index contributed by atoms with van der Waals surface area (Å²) in [6, 6.07) is 11.8. The number of benzene rings is 1. The molecule has 92 valence electrons. The van der Waals surface area contributed by atoms with Crippen LogP contribution in [0.3, 0.4) is 0 Å². The number of pyridine rings is 1. The van der Waals surface area contributed by atoms with Crippen molar-refractivity contribution in [2.24, 2.45) is 5.73 Å². The Morgan fingerprint density at radius 1 is 1.33 bits per heavy atom. The van der Waals surface area contributed by atoms with Crippen LogP contribution in [0.5, 0.6) is 0 Å². The SMILES string of the molecule is NC(=S)c1ccnc(NCc2cccc(Br)c2)c1. The van der Waals surface area contributed by atoms with Gasteiger partial charge in [-0.15, -0.1) is 0 Å². The first kappa shape index (κ1) is 13.0. The number of halogens is 1. The molecule has 1 aromatic carbocycles. The summed E-state index contributed by atoms with van der Waals surface area (Å²) < 4.78 is 1.06. The predicted octanol–water partition coefficient (Wildman–Crippen LogP) is 3.09. The highest BCUT2D eigenvalue weighted by Crippen LogP contribution is 2.13. The van der Waals surface area contributed by atoms with Gasteiger partial charge in [0.1, 0.15) is 10.8 Å². The minimum Gasteiger partial charge on any atom is -0.389 e. The summed E-state index contributed by atoms with van der Waals surface area (Å²) in [4.78, 5) is 4.60. The molecule has 2 rings (SSSR count). The highest BCUT2D eigenvalue weighted by Gasteiger charge is 2.00. The van der Waals surface area contributed by atoms with E-state index in [0.717, 1.165) is 15.9 Å². The third-order valence-corrected chi connectivity index (χ3v) is 3.14. The van der Waals surface area contributed by atoms with E-state index in [1.54, 1.807) is 12.3 Å². The van der Waals surface area contributed by atoms with Crippen molar-refractivity contribution < 1.29 is 0 Å². The standard InChI is InChI=1S/C13H12BrN3S/c14-11-3-1-2-9(6-11)8-17-12-7-10(13(15)18)4-5-16-12/h1-7H,8H2,(H2,15,18)(H,16,17). The number of anilines is 1. The van der Waals surface area contributed by atoms with E-state index in [9.17, 15) is 0 Å². The van der Waals surface area contributed by atoms with E-state index in [4.69, 9.17) is 18.0 Å². The van der Waals surface area contributed by atoms with Gasteiger partial charge in [0.25, 0.3) is 0 Å². The minimum absolute atomic E-state index is 0.378. The van der Waals surface area contributed by atoms with E-state index >= 15 is 0 Å². The first-order chi connectivity index (χ1) is 8.65. The number of nitrogens with zero attached hydrogens (tertiary/aromatic N) is 1. The van der Waals surface area contributed by atoms with Crippen LogP contribution in [0.4, 0.5) is 5.82 Å². The van der Waals surface area contributed by atoms with Gasteiger partial charge in [-0.25, -0.2) is 4.98 Å². The number of nitrogens with two attached hydrogens (primary N) is 1. The van der Waals surface area contributed by atoms with Crippen molar-refractivity contribution in [2.75, 3.05) is 5.32 Å². The molecule has 0 aliphatic heterocycles. The molecule has 0 atom stereocenters. The van der Waals surface area contributed by atoms with Gasteiger partial charge in [-0.1, -0.05) is 40.3 Å². The van der Waals surface area contributed by atoms with Crippen LogP contribution in [-0.4, -0.2) is 9.97 Å². The molecule has 3 N–H and O–H groups in total. The molecule has 0 fully saturated rings. The van der Waals surface area contributed by atoms with E-state index in [-0.39, 0.29) is 0 Å². The zero-order chi connectivity index (χ0) is 13.0. The minimum atomic E-state index is 0.378. The monoisotopic (exact) mass is 321 g/mol. The van der Waals surface area contributed by atoms with E-state index in [1.165, 1.54) is 5.56 Å². The summed E-state index contributed by atoms with van der Waals surface area (Å²) in [5.41, 5.74) is 7.57. The Balaban J connectivity index is 2.06. The van der Waals surface area contributed by atoms with Crippen molar-refractivity contribution in [3.05, 3.63) is 58.2 Å². The second-order valence-corrected chi connectivity index (χ2v) is 5.13. The second-order valence-electron chi connectivity index (χ2n) is 3.78. The third kappa shape index (κ3) is 3.51. The molecule has 1 heterocycles. The first-order valence-corrected chi connectivity index (χ1v) is 6.59. The summed E-state index contributed by atoms with van der Waals surface area (Å²) in [7, 11) is 0. The van der Waals surface area contributed by atoms with Crippen molar-refractivity contribution in [2.45, 2.75) is 6.54 Å². The van der Waals surface area contributed by atoms with Crippen molar-refractivity contribution in [3.8, 4) is 0 Å². The van der Waals surface area contributed by atoms with Gasteiger partial charge in [0.05, 0.1) is 0 Å². The number of thiocarbonyl (C=S) groups is 1. The maximum absolute atomic E-state index is 5.58. The van der Waals surface area contributed by atoms with Crippen molar-refractivity contribution in [3.63, 3.8) is 0 Å². The second kappa shape index (κ2) is 5.93. The van der Waals surface area contributed by atoms with Crippen LogP contribution in [0.15, 0.2) is 47.1 Å². The van der Waals surface area contributed by atoms with Crippen LogP contribution in [-0.2, 0) is 6.54 Å². The smallest absolute Gasteiger partial charge is 0.126 e. The number of nitrogens with one attached hydrogen (secondary N) is 1. The number of hydrogen-bond donors (Lipinski definition) is 2. The third-order valence-electron chi connectivity index (χ3n) is 2.41. The Morgan fingerprint density at radius 2 is 2.17 bits per heavy atom. The summed E-state index contributed by atoms with van der Waals surface area (Å²) in [6.07, 6.45) is 1.69. The molecule has 5 heteroatoms. The fraction of sp³-hybridized carbons (Fsp3) is 0.0769. The lowest BCUT2D eigenvalue weighted by atomic mass is 10.2. The highest BCUT2D eigenvalue weighted by molar-refractivity contribution is 9.10. The van der Waals surface area contributed by atoms with E-state index < -0.39 is 0 Å². The maximum Gasteiger partial charge on any atom is 0.126 e. The largest absolute Gasteiger partial charge is 0.389 e. The van der Waals surface area contributed by atoms with Gasteiger partial charge in [-0.2, -0.15) is 0 Å². The van der Waals surface area contributed by atoms with Crippen molar-refractivity contribution in [1.82, 2.24) is 4.98 Å². The zero-order valence-corrected chi connectivity index (χ0v) is 12.0. The fourth-order valence-electron chi connectivity index (χ4n) is 1.52. The van der Waals surface area contributed by atoms with Crippen LogP contribution in [0.2, 0.25) is 0 Å². The quantitative estimate of drug-likeness (QED) is 0.850. The van der Waals surface area contributed by atoms with E-state index in [2.05, 4.69) is 38.4 Å². The Hall–Kier alpha value is -1.46. The molecule has 0 saturated heterocycles. The van der Waals surface area contributed by atoms with Crippen molar-refractivity contribution in [1.29, 1.82) is 0 Å². The lowest BCUT2D eigenvalue weighted by molar-refractivity contribution is 1.11. The molecule has 0 saturated carbocycles. The molecule has 3 nitrogen and oxygen atoms in total. The molecular weight excluding hydrogens is 310 g/mol. The average Bonchev–Trinajstić information content (AvgIpc) is 2.37. The van der Waals surface area contributed by atoms with E-state index in [0.29, 0.717) is 11.5 Å². The molecule has 2 aromatic rings. The van der Waals surface area contributed by atoms with E-state index in [1.807, 2.05) is 18.2 Å². The van der Waals surface area contributed by atoms with Gasteiger partial charge >= 0.3 is 0 Å². The lowest BCUT2D eigenvalue weighted by Gasteiger charge is -2.07. The molecule has 0 spiro atoms. The van der Waals surface area contributed by atoms with Crippen LogP contribution in [0, 0.1) is 0 Å². The fourth-order valence-corrected chi connectivity index (χ4v) is 2.09. The van der Waals surface area contributed by atoms with Gasteiger partial charge in [0, 0.05) is 22.8 Å². The predicted molar refractivity (Wildman–Crippen MR) is 81.6 cm³/mol. The molecule has 0 radical (unpaired) electrons. The van der Waals surface area contributed by atoms with Crippen LogP contribution in [0.1, 0.15) is 11.1 Å². The lowest BCUT2D eigenvalue weighted by Crippen LogP contribution is -2.10. The van der Waals surface area contributed by atoms with Crippen LogP contribution in [0.25, 0.3) is 0 Å². The molecule has 0 aliphatic carbocycles. The van der Waals surface area contributed by atoms with Crippen LogP contribution >= 0.6 is 28.1 Å². The van der Waals surface area contributed by atoms with Gasteiger partial charge in [0.15, 0.2) is 0 Å². The normalized spacial score (nSPS) is 10.1. The number of hydrogen-bond acceptors (Lipinski definition) is 3. The summed E-state index contributed by atoms with van der Waals surface area (Å²) in [5.74, 6) is 0.764. The number of aromatic nitrogens is 1. The molecular formula is C13H12BrN3S.